The molecule has 0 amide bonds. The Bertz CT molecular complexity index is 1020. The lowest BCUT2D eigenvalue weighted by atomic mass is 10.0. The van der Waals surface area contributed by atoms with Crippen LogP contribution in [0.25, 0.3) is 11.1 Å². The van der Waals surface area contributed by atoms with Crippen LogP contribution in [0.3, 0.4) is 0 Å². The molecule has 0 bridgehead atoms. The number of nitrogens with one attached hydrogen (secondary N) is 1. The second-order valence-electron chi connectivity index (χ2n) is 5.55. The van der Waals surface area contributed by atoms with Crippen molar-refractivity contribution in [2.24, 2.45) is 0 Å². The summed E-state index contributed by atoms with van der Waals surface area (Å²) in [5, 5.41) is -0.301. The van der Waals surface area contributed by atoms with E-state index in [9.17, 15) is 13.2 Å². The second-order valence-corrected chi connectivity index (χ2v) is 7.16. The molecule has 6 nitrogen and oxygen atoms in total. The first kappa shape index (κ1) is 16.9. The van der Waals surface area contributed by atoms with E-state index in [4.69, 9.17) is 4.42 Å². The fraction of sp³-hybridized carbons (Fsp3) is 0.111. The van der Waals surface area contributed by atoms with Gasteiger partial charge in [-0.15, -0.1) is 0 Å². The Morgan fingerprint density at radius 2 is 1.80 bits per heavy atom. The molecule has 0 aliphatic rings. The summed E-state index contributed by atoms with van der Waals surface area (Å²) >= 11 is 0. The number of Topliss-reactive ketones (excluding diaryl/α,β-unsaturated/α-hetero) is 1. The molecule has 0 unspecified atom stereocenters. The molecule has 1 N–H and O–H groups in total. The van der Waals surface area contributed by atoms with Gasteiger partial charge in [-0.2, -0.15) is 8.42 Å². The van der Waals surface area contributed by atoms with Gasteiger partial charge in [-0.3, -0.25) is 14.5 Å². The monoisotopic (exact) mass is 356 g/mol. The van der Waals surface area contributed by atoms with E-state index >= 15 is 0 Å². The zero-order valence-corrected chi connectivity index (χ0v) is 14.5. The number of hydrogen-bond donors (Lipinski definition) is 1. The van der Waals surface area contributed by atoms with Crippen molar-refractivity contribution < 1.29 is 17.6 Å². The van der Waals surface area contributed by atoms with Gasteiger partial charge in [-0.1, -0.05) is 12.1 Å². The number of aromatic nitrogens is 1. The highest BCUT2D eigenvalue weighted by molar-refractivity contribution is 7.92. The van der Waals surface area contributed by atoms with Crippen molar-refractivity contribution in [3.63, 3.8) is 0 Å². The van der Waals surface area contributed by atoms with Crippen LogP contribution in [0.5, 0.6) is 0 Å². The van der Waals surface area contributed by atoms with Crippen LogP contribution in [-0.2, 0) is 10.0 Å². The molecular formula is C18H16N2O4S. The molecule has 2 aromatic heterocycles. The van der Waals surface area contributed by atoms with Gasteiger partial charge in [0.2, 0.25) is 5.09 Å². The maximum Gasteiger partial charge on any atom is 0.295 e. The summed E-state index contributed by atoms with van der Waals surface area (Å²) < 4.78 is 32.2. The van der Waals surface area contributed by atoms with Gasteiger partial charge in [0.05, 0.1) is 0 Å². The minimum Gasteiger partial charge on any atom is -0.440 e. The summed E-state index contributed by atoms with van der Waals surface area (Å²) in [6.07, 6.45) is 3.49. The normalized spacial score (nSPS) is 11.3. The Kier molecular flexibility index (Phi) is 4.41. The molecule has 1 aromatic carbocycles. The molecule has 0 saturated carbocycles. The first-order valence-corrected chi connectivity index (χ1v) is 9.00. The minimum absolute atomic E-state index is 0.00257. The largest absolute Gasteiger partial charge is 0.440 e. The fourth-order valence-electron chi connectivity index (χ4n) is 2.34. The van der Waals surface area contributed by atoms with Crippen molar-refractivity contribution in [3.05, 3.63) is 66.2 Å². The third-order valence-electron chi connectivity index (χ3n) is 3.68. The lowest BCUT2D eigenvalue weighted by Gasteiger charge is -2.08. The maximum absolute atomic E-state index is 12.3. The highest BCUT2D eigenvalue weighted by Crippen LogP contribution is 2.25. The Morgan fingerprint density at radius 3 is 2.40 bits per heavy atom. The number of sulfonamides is 1. The number of carbonyl (C=O) groups is 1. The number of benzene rings is 1. The van der Waals surface area contributed by atoms with E-state index in [1.807, 2.05) is 25.1 Å². The quantitative estimate of drug-likeness (QED) is 0.705. The lowest BCUT2D eigenvalue weighted by Crippen LogP contribution is -2.12. The van der Waals surface area contributed by atoms with Crippen LogP contribution in [0.1, 0.15) is 23.0 Å². The van der Waals surface area contributed by atoms with Crippen molar-refractivity contribution in [2.75, 3.05) is 4.72 Å². The number of rotatable bonds is 5. The predicted octanol–water partition coefficient (Wildman–Crippen LogP) is 3.65. The molecule has 7 heteroatoms. The van der Waals surface area contributed by atoms with Crippen LogP contribution in [0.2, 0.25) is 0 Å². The number of pyridine rings is 1. The van der Waals surface area contributed by atoms with E-state index in [-0.39, 0.29) is 16.6 Å². The molecule has 3 rings (SSSR count). The predicted molar refractivity (Wildman–Crippen MR) is 93.9 cm³/mol. The summed E-state index contributed by atoms with van der Waals surface area (Å²) in [5.74, 6) is -0.333. The first-order chi connectivity index (χ1) is 11.9. The zero-order valence-electron chi connectivity index (χ0n) is 13.7. The summed E-state index contributed by atoms with van der Waals surface area (Å²) in [6.45, 7) is 3.29. The molecule has 0 fully saturated rings. The van der Waals surface area contributed by atoms with Crippen LogP contribution in [0.15, 0.2) is 64.4 Å². The van der Waals surface area contributed by atoms with Crippen LogP contribution < -0.4 is 4.72 Å². The van der Waals surface area contributed by atoms with Gasteiger partial charge >= 0.3 is 0 Å². The lowest BCUT2D eigenvalue weighted by molar-refractivity contribution is 0.0982. The number of hydrogen-bond acceptors (Lipinski definition) is 5. The standard InChI is InChI=1S/C18H16N2O4S/c1-12-9-10-19-11-16(12)14-3-5-15(6-4-14)20-25(22,23)18-8-7-17(24-18)13(2)21/h3-11,20H,1-2H3. The maximum atomic E-state index is 12.3. The molecule has 0 atom stereocenters. The Hall–Kier alpha value is -2.93. The van der Waals surface area contributed by atoms with E-state index < -0.39 is 10.0 Å². The molecule has 2 heterocycles. The smallest absolute Gasteiger partial charge is 0.295 e. The highest BCUT2D eigenvalue weighted by atomic mass is 32.2. The van der Waals surface area contributed by atoms with Crippen molar-refractivity contribution in [1.29, 1.82) is 0 Å². The number of ketones is 1. The highest BCUT2D eigenvalue weighted by Gasteiger charge is 2.20. The minimum atomic E-state index is -3.89. The summed E-state index contributed by atoms with van der Waals surface area (Å²) in [4.78, 5) is 15.3. The summed E-state index contributed by atoms with van der Waals surface area (Å²) in [7, 11) is -3.89. The fourth-order valence-corrected chi connectivity index (χ4v) is 3.34. The van der Waals surface area contributed by atoms with Gasteiger partial charge in [-0.25, -0.2) is 0 Å². The SMILES string of the molecule is CC(=O)c1ccc(S(=O)(=O)Nc2ccc(-c3cnccc3C)cc2)o1. The summed E-state index contributed by atoms with van der Waals surface area (Å²) in [5.41, 5.74) is 3.39. The molecule has 0 aliphatic heterocycles. The summed E-state index contributed by atoms with van der Waals surface area (Å²) in [6, 6.07) is 11.4. The topological polar surface area (TPSA) is 89.3 Å². The molecule has 25 heavy (non-hydrogen) atoms. The molecule has 0 spiro atoms. The van der Waals surface area contributed by atoms with Gasteiger partial charge < -0.3 is 4.42 Å². The van der Waals surface area contributed by atoms with Gasteiger partial charge in [0.1, 0.15) is 0 Å². The number of aryl methyl sites for hydroxylation is 1. The number of carbonyl (C=O) groups excluding carboxylic acids is 1. The third-order valence-corrected chi connectivity index (χ3v) is 4.93. The van der Waals surface area contributed by atoms with Crippen LogP contribution in [-0.4, -0.2) is 19.2 Å². The van der Waals surface area contributed by atoms with E-state index in [0.29, 0.717) is 5.69 Å². The number of nitrogens with zero attached hydrogens (tertiary/aromatic N) is 1. The first-order valence-electron chi connectivity index (χ1n) is 7.51. The molecule has 0 saturated heterocycles. The zero-order chi connectivity index (χ0) is 18.0. The van der Waals surface area contributed by atoms with Crippen molar-refractivity contribution >= 4 is 21.5 Å². The van der Waals surface area contributed by atoms with E-state index in [1.165, 1.54) is 19.1 Å². The van der Waals surface area contributed by atoms with Crippen molar-refractivity contribution in [1.82, 2.24) is 4.98 Å². The molecule has 0 aliphatic carbocycles. The Morgan fingerprint density at radius 1 is 1.08 bits per heavy atom. The van der Waals surface area contributed by atoms with Crippen LogP contribution in [0, 0.1) is 6.92 Å². The van der Waals surface area contributed by atoms with E-state index in [2.05, 4.69) is 9.71 Å². The van der Waals surface area contributed by atoms with Gasteiger partial charge in [0.15, 0.2) is 11.5 Å². The molecule has 0 radical (unpaired) electrons. The van der Waals surface area contributed by atoms with Crippen LogP contribution >= 0.6 is 0 Å². The van der Waals surface area contributed by atoms with E-state index in [1.54, 1.807) is 24.5 Å². The molecule has 128 valence electrons. The molecule has 3 aromatic rings. The number of furan rings is 1. The average molecular weight is 356 g/mol. The van der Waals surface area contributed by atoms with Crippen molar-refractivity contribution in [3.8, 4) is 11.1 Å². The van der Waals surface area contributed by atoms with E-state index in [0.717, 1.165) is 16.7 Å². The third kappa shape index (κ3) is 3.61. The van der Waals surface area contributed by atoms with Crippen LogP contribution in [0.4, 0.5) is 5.69 Å². The van der Waals surface area contributed by atoms with Gasteiger partial charge in [0.25, 0.3) is 10.0 Å². The molecular weight excluding hydrogens is 340 g/mol. The van der Waals surface area contributed by atoms with Crippen molar-refractivity contribution in [2.45, 2.75) is 18.9 Å². The average Bonchev–Trinajstić information content (AvgIpc) is 3.07. The Balaban J connectivity index is 1.83. The second kappa shape index (κ2) is 6.52. The Labute approximate surface area is 145 Å². The van der Waals surface area contributed by atoms with Gasteiger partial charge in [-0.05, 0) is 48.4 Å². The number of anilines is 1. The van der Waals surface area contributed by atoms with Gasteiger partial charge in [0, 0.05) is 30.6 Å².